The molecule has 0 saturated carbocycles. The van der Waals surface area contributed by atoms with Crippen LogP contribution >= 0.6 is 0 Å². The Morgan fingerprint density at radius 3 is 2.30 bits per heavy atom. The third kappa shape index (κ3) is 2.77. The van der Waals surface area contributed by atoms with Crippen LogP contribution in [0.1, 0.15) is 17.2 Å². The third-order valence-electron chi connectivity index (χ3n) is 3.08. The van der Waals surface area contributed by atoms with Crippen LogP contribution in [-0.2, 0) is 0 Å². The summed E-state index contributed by atoms with van der Waals surface area (Å²) in [5.74, 6) is -1.36. The quantitative estimate of drug-likeness (QED) is 0.927. The Kier molecular flexibility index (Phi) is 4.29. The van der Waals surface area contributed by atoms with Crippen molar-refractivity contribution in [2.45, 2.75) is 6.04 Å². The SMILES string of the molecule is CNC(c1ccc(OC)cc1F)c1cc(F)ccc1F. The van der Waals surface area contributed by atoms with Gasteiger partial charge in [-0.15, -0.1) is 0 Å². The van der Waals surface area contributed by atoms with Crippen LogP contribution in [0.5, 0.6) is 5.75 Å². The van der Waals surface area contributed by atoms with Crippen LogP contribution < -0.4 is 10.1 Å². The van der Waals surface area contributed by atoms with Gasteiger partial charge in [0.05, 0.1) is 13.2 Å². The maximum atomic E-state index is 14.1. The van der Waals surface area contributed by atoms with Gasteiger partial charge < -0.3 is 10.1 Å². The minimum Gasteiger partial charge on any atom is -0.497 e. The number of nitrogens with one attached hydrogen (secondary N) is 1. The zero-order valence-electron chi connectivity index (χ0n) is 11.1. The maximum absolute atomic E-state index is 14.1. The first-order chi connectivity index (χ1) is 9.56. The van der Waals surface area contributed by atoms with Gasteiger partial charge in [0, 0.05) is 17.2 Å². The maximum Gasteiger partial charge on any atom is 0.132 e. The molecule has 0 spiro atoms. The van der Waals surface area contributed by atoms with Crippen molar-refractivity contribution in [2.24, 2.45) is 0 Å². The molecule has 0 aliphatic carbocycles. The van der Waals surface area contributed by atoms with Crippen LogP contribution in [0, 0.1) is 17.5 Å². The first kappa shape index (κ1) is 14.4. The largest absolute Gasteiger partial charge is 0.497 e. The first-order valence-electron chi connectivity index (χ1n) is 6.02. The second-order valence-electron chi connectivity index (χ2n) is 4.27. The lowest BCUT2D eigenvalue weighted by Gasteiger charge is -2.19. The van der Waals surface area contributed by atoms with Crippen molar-refractivity contribution in [1.82, 2.24) is 5.32 Å². The van der Waals surface area contributed by atoms with Crippen molar-refractivity contribution >= 4 is 0 Å². The zero-order valence-corrected chi connectivity index (χ0v) is 11.1. The molecule has 0 aromatic heterocycles. The summed E-state index contributed by atoms with van der Waals surface area (Å²) in [5.41, 5.74) is 0.273. The highest BCUT2D eigenvalue weighted by atomic mass is 19.1. The Balaban J connectivity index is 2.49. The summed E-state index contributed by atoms with van der Waals surface area (Å²) in [4.78, 5) is 0. The summed E-state index contributed by atoms with van der Waals surface area (Å²) >= 11 is 0. The molecular weight excluding hydrogens is 267 g/mol. The van der Waals surface area contributed by atoms with E-state index in [-0.39, 0.29) is 11.1 Å². The molecule has 2 nitrogen and oxygen atoms in total. The predicted octanol–water partition coefficient (Wildman–Crippen LogP) is 3.42. The summed E-state index contributed by atoms with van der Waals surface area (Å²) in [6, 6.07) is 6.58. The molecule has 2 rings (SSSR count). The minimum absolute atomic E-state index is 0.0524. The third-order valence-corrected chi connectivity index (χ3v) is 3.08. The molecule has 1 N–H and O–H groups in total. The van der Waals surface area contributed by atoms with E-state index in [0.29, 0.717) is 5.75 Å². The Hall–Kier alpha value is -2.01. The van der Waals surface area contributed by atoms with Gasteiger partial charge in [-0.05, 0) is 31.3 Å². The minimum atomic E-state index is -0.781. The molecule has 5 heteroatoms. The fraction of sp³-hybridized carbons (Fsp3) is 0.200. The standard InChI is InChI=1S/C15H14F3NO/c1-19-15(12-7-9(16)3-6-13(12)17)11-5-4-10(20-2)8-14(11)18/h3-8,15,19H,1-2H3. The summed E-state index contributed by atoms with van der Waals surface area (Å²) in [7, 11) is 2.98. The van der Waals surface area contributed by atoms with Gasteiger partial charge in [0.15, 0.2) is 0 Å². The normalized spacial score (nSPS) is 12.2. The van der Waals surface area contributed by atoms with Crippen molar-refractivity contribution in [1.29, 1.82) is 0 Å². The van der Waals surface area contributed by atoms with Gasteiger partial charge in [0.25, 0.3) is 0 Å². The second kappa shape index (κ2) is 5.96. The molecule has 0 amide bonds. The van der Waals surface area contributed by atoms with E-state index in [2.05, 4.69) is 5.32 Å². The van der Waals surface area contributed by atoms with Gasteiger partial charge in [0.2, 0.25) is 0 Å². The van der Waals surface area contributed by atoms with Crippen molar-refractivity contribution in [3.63, 3.8) is 0 Å². The average molecular weight is 281 g/mol. The molecule has 1 unspecified atom stereocenters. The number of ether oxygens (including phenoxy) is 1. The topological polar surface area (TPSA) is 21.3 Å². The molecular formula is C15H14F3NO. The van der Waals surface area contributed by atoms with Gasteiger partial charge >= 0.3 is 0 Å². The Morgan fingerprint density at radius 1 is 0.950 bits per heavy atom. The zero-order chi connectivity index (χ0) is 14.7. The molecule has 0 fully saturated rings. The molecule has 106 valence electrons. The Labute approximate surface area is 115 Å². The molecule has 20 heavy (non-hydrogen) atoms. The Bertz CT molecular complexity index is 616. The number of rotatable bonds is 4. The van der Waals surface area contributed by atoms with E-state index in [1.165, 1.54) is 19.2 Å². The molecule has 2 aromatic carbocycles. The van der Waals surface area contributed by atoms with E-state index in [9.17, 15) is 13.2 Å². The van der Waals surface area contributed by atoms with E-state index in [1.54, 1.807) is 13.1 Å². The summed E-state index contributed by atoms with van der Waals surface area (Å²) in [5, 5.41) is 2.79. The van der Waals surface area contributed by atoms with E-state index in [0.717, 1.165) is 18.2 Å². The van der Waals surface area contributed by atoms with Gasteiger partial charge in [-0.2, -0.15) is 0 Å². The molecule has 2 aromatic rings. The number of benzene rings is 2. The lowest BCUT2D eigenvalue weighted by atomic mass is 9.97. The molecule has 0 aliphatic heterocycles. The molecule has 0 heterocycles. The smallest absolute Gasteiger partial charge is 0.132 e. The fourth-order valence-electron chi connectivity index (χ4n) is 2.08. The number of methoxy groups -OCH3 is 1. The lowest BCUT2D eigenvalue weighted by molar-refractivity contribution is 0.410. The van der Waals surface area contributed by atoms with Crippen LogP contribution in [0.4, 0.5) is 13.2 Å². The molecule has 0 radical (unpaired) electrons. The van der Waals surface area contributed by atoms with E-state index in [4.69, 9.17) is 4.74 Å². The molecule has 1 atom stereocenters. The van der Waals surface area contributed by atoms with E-state index >= 15 is 0 Å². The van der Waals surface area contributed by atoms with Gasteiger partial charge in [-0.1, -0.05) is 6.07 Å². The first-order valence-corrected chi connectivity index (χ1v) is 6.02. The highest BCUT2D eigenvalue weighted by molar-refractivity contribution is 5.37. The Morgan fingerprint density at radius 2 is 1.70 bits per heavy atom. The summed E-state index contributed by atoms with van der Waals surface area (Å²) < 4.78 is 46.1. The second-order valence-corrected chi connectivity index (χ2v) is 4.27. The lowest BCUT2D eigenvalue weighted by Crippen LogP contribution is -2.20. The number of hydrogen-bond acceptors (Lipinski definition) is 2. The van der Waals surface area contributed by atoms with Crippen LogP contribution in [0.2, 0.25) is 0 Å². The van der Waals surface area contributed by atoms with Crippen molar-refractivity contribution in [3.8, 4) is 5.75 Å². The van der Waals surface area contributed by atoms with Crippen LogP contribution in [0.25, 0.3) is 0 Å². The van der Waals surface area contributed by atoms with Crippen molar-refractivity contribution in [2.75, 3.05) is 14.2 Å². The average Bonchev–Trinajstić information content (AvgIpc) is 2.44. The highest BCUT2D eigenvalue weighted by Crippen LogP contribution is 2.28. The van der Waals surface area contributed by atoms with Gasteiger partial charge in [0.1, 0.15) is 23.2 Å². The van der Waals surface area contributed by atoms with Crippen LogP contribution in [-0.4, -0.2) is 14.2 Å². The highest BCUT2D eigenvalue weighted by Gasteiger charge is 2.20. The summed E-state index contributed by atoms with van der Waals surface area (Å²) in [6.07, 6.45) is 0. The fourth-order valence-corrected chi connectivity index (χ4v) is 2.08. The van der Waals surface area contributed by atoms with Crippen LogP contribution in [0.3, 0.4) is 0 Å². The van der Waals surface area contributed by atoms with Gasteiger partial charge in [-0.25, -0.2) is 13.2 Å². The van der Waals surface area contributed by atoms with Crippen LogP contribution in [0.15, 0.2) is 36.4 Å². The van der Waals surface area contributed by atoms with Crippen molar-refractivity contribution in [3.05, 3.63) is 65.0 Å². The van der Waals surface area contributed by atoms with E-state index in [1.807, 2.05) is 0 Å². The summed E-state index contributed by atoms with van der Waals surface area (Å²) in [6.45, 7) is 0. The predicted molar refractivity (Wildman–Crippen MR) is 70.2 cm³/mol. The number of halogens is 3. The van der Waals surface area contributed by atoms with Crippen molar-refractivity contribution < 1.29 is 17.9 Å². The molecule has 0 aliphatic rings. The van der Waals surface area contributed by atoms with E-state index < -0.39 is 23.5 Å². The monoisotopic (exact) mass is 281 g/mol. The molecule has 0 bridgehead atoms. The number of hydrogen-bond donors (Lipinski definition) is 1. The van der Waals surface area contributed by atoms with Gasteiger partial charge in [-0.3, -0.25) is 0 Å². The molecule has 0 saturated heterocycles.